The summed E-state index contributed by atoms with van der Waals surface area (Å²) in [6, 6.07) is 6.72. The Morgan fingerprint density at radius 3 is 2.42 bits per heavy atom. The minimum absolute atomic E-state index is 0.00814. The predicted octanol–water partition coefficient (Wildman–Crippen LogP) is 0.605. The predicted molar refractivity (Wildman–Crippen MR) is 77.1 cm³/mol. The number of rotatable bonds is 8. The molecule has 0 heterocycles. The zero-order valence-electron chi connectivity index (χ0n) is 11.4. The summed E-state index contributed by atoms with van der Waals surface area (Å²) in [6.45, 7) is 2.89. The van der Waals surface area contributed by atoms with Crippen molar-refractivity contribution in [2.45, 2.75) is 39.0 Å². The van der Waals surface area contributed by atoms with Gasteiger partial charge in [-0.2, -0.15) is 0 Å². The van der Waals surface area contributed by atoms with Gasteiger partial charge in [0.25, 0.3) is 0 Å². The lowest BCUT2D eigenvalue weighted by Crippen LogP contribution is -2.30. The van der Waals surface area contributed by atoms with Crippen molar-refractivity contribution in [1.29, 1.82) is 0 Å². The molecule has 0 saturated heterocycles. The molecule has 3 N–H and O–H groups in total. The molecule has 1 rings (SSSR count). The zero-order chi connectivity index (χ0) is 14.1. The SMILES string of the molecule is CCCCCCNC(=O)Cc1ccc(B(O)O)cc1. The molecule has 0 aliphatic heterocycles. The zero-order valence-corrected chi connectivity index (χ0v) is 11.4. The fraction of sp³-hybridized carbons (Fsp3) is 0.500. The van der Waals surface area contributed by atoms with E-state index in [0.29, 0.717) is 11.9 Å². The average Bonchev–Trinajstić information content (AvgIpc) is 2.39. The van der Waals surface area contributed by atoms with Crippen LogP contribution in [0.1, 0.15) is 38.2 Å². The Hall–Kier alpha value is -1.33. The molecule has 19 heavy (non-hydrogen) atoms. The number of hydrogen-bond donors (Lipinski definition) is 3. The van der Waals surface area contributed by atoms with Crippen LogP contribution in [0.25, 0.3) is 0 Å². The van der Waals surface area contributed by atoms with Crippen LogP contribution in [0.2, 0.25) is 0 Å². The van der Waals surface area contributed by atoms with E-state index in [2.05, 4.69) is 12.2 Å². The number of carbonyl (C=O) groups excluding carboxylic acids is 1. The molecule has 0 radical (unpaired) electrons. The highest BCUT2D eigenvalue weighted by Gasteiger charge is 2.10. The van der Waals surface area contributed by atoms with E-state index in [4.69, 9.17) is 10.0 Å². The van der Waals surface area contributed by atoms with Crippen LogP contribution in [0.3, 0.4) is 0 Å². The van der Waals surface area contributed by atoms with Gasteiger partial charge in [0.1, 0.15) is 0 Å². The Balaban J connectivity index is 2.28. The summed E-state index contributed by atoms with van der Waals surface area (Å²) < 4.78 is 0. The van der Waals surface area contributed by atoms with Crippen molar-refractivity contribution in [3.63, 3.8) is 0 Å². The fourth-order valence-electron chi connectivity index (χ4n) is 1.84. The van der Waals surface area contributed by atoms with Gasteiger partial charge in [-0.05, 0) is 17.4 Å². The molecule has 104 valence electrons. The summed E-state index contributed by atoms with van der Waals surface area (Å²) in [4.78, 5) is 11.7. The van der Waals surface area contributed by atoms with Crippen molar-refractivity contribution < 1.29 is 14.8 Å². The Morgan fingerprint density at radius 1 is 1.16 bits per heavy atom. The van der Waals surface area contributed by atoms with Gasteiger partial charge in [0.05, 0.1) is 6.42 Å². The van der Waals surface area contributed by atoms with Gasteiger partial charge in [0.15, 0.2) is 0 Å². The van der Waals surface area contributed by atoms with Gasteiger partial charge < -0.3 is 15.4 Å². The van der Waals surface area contributed by atoms with E-state index in [1.807, 2.05) is 0 Å². The van der Waals surface area contributed by atoms with Crippen molar-refractivity contribution in [1.82, 2.24) is 5.32 Å². The molecular formula is C14H22BNO3. The molecule has 0 spiro atoms. The lowest BCUT2D eigenvalue weighted by Gasteiger charge is -2.06. The second-order valence-corrected chi connectivity index (χ2v) is 4.70. The van der Waals surface area contributed by atoms with Gasteiger partial charge in [0.2, 0.25) is 5.91 Å². The fourth-order valence-corrected chi connectivity index (χ4v) is 1.84. The minimum atomic E-state index is -1.46. The molecule has 1 aromatic rings. The van der Waals surface area contributed by atoms with Crippen LogP contribution >= 0.6 is 0 Å². The van der Waals surface area contributed by atoms with E-state index in [9.17, 15) is 4.79 Å². The molecule has 0 aliphatic carbocycles. The van der Waals surface area contributed by atoms with Crippen LogP contribution < -0.4 is 10.8 Å². The Morgan fingerprint density at radius 2 is 1.84 bits per heavy atom. The van der Waals surface area contributed by atoms with Crippen LogP contribution in [0, 0.1) is 0 Å². The first-order valence-corrected chi connectivity index (χ1v) is 6.85. The van der Waals surface area contributed by atoms with E-state index in [0.717, 1.165) is 24.9 Å². The Kier molecular flexibility index (Phi) is 7.22. The number of nitrogens with one attached hydrogen (secondary N) is 1. The minimum Gasteiger partial charge on any atom is -0.423 e. The quantitative estimate of drug-likeness (QED) is 0.475. The van der Waals surface area contributed by atoms with Gasteiger partial charge in [-0.1, -0.05) is 50.5 Å². The third-order valence-electron chi connectivity index (χ3n) is 3.00. The van der Waals surface area contributed by atoms with E-state index in [-0.39, 0.29) is 5.91 Å². The highest BCUT2D eigenvalue weighted by Crippen LogP contribution is 2.00. The van der Waals surface area contributed by atoms with Crippen molar-refractivity contribution in [2.75, 3.05) is 6.54 Å². The van der Waals surface area contributed by atoms with Gasteiger partial charge in [-0.25, -0.2) is 0 Å². The maximum absolute atomic E-state index is 11.7. The highest BCUT2D eigenvalue weighted by atomic mass is 16.4. The number of hydrogen-bond acceptors (Lipinski definition) is 3. The van der Waals surface area contributed by atoms with Crippen LogP contribution in [0.5, 0.6) is 0 Å². The monoisotopic (exact) mass is 263 g/mol. The Bertz CT molecular complexity index is 379. The largest absolute Gasteiger partial charge is 0.488 e. The molecule has 1 aromatic carbocycles. The summed E-state index contributed by atoms with van der Waals surface area (Å²) in [6.07, 6.45) is 4.91. The lowest BCUT2D eigenvalue weighted by molar-refractivity contribution is -0.120. The van der Waals surface area contributed by atoms with Crippen molar-refractivity contribution >= 4 is 18.5 Å². The molecule has 0 saturated carbocycles. The molecule has 0 bridgehead atoms. The van der Waals surface area contributed by atoms with Gasteiger partial charge in [-0.3, -0.25) is 4.79 Å². The van der Waals surface area contributed by atoms with Crippen LogP contribution in [0.15, 0.2) is 24.3 Å². The van der Waals surface area contributed by atoms with E-state index >= 15 is 0 Å². The maximum Gasteiger partial charge on any atom is 0.488 e. The summed E-state index contributed by atoms with van der Waals surface area (Å²) in [7, 11) is -1.46. The molecule has 5 heteroatoms. The summed E-state index contributed by atoms with van der Waals surface area (Å²) in [5, 5.41) is 20.8. The number of unbranched alkanes of at least 4 members (excludes halogenated alkanes) is 3. The average molecular weight is 263 g/mol. The smallest absolute Gasteiger partial charge is 0.423 e. The van der Waals surface area contributed by atoms with Gasteiger partial charge in [-0.15, -0.1) is 0 Å². The molecule has 0 atom stereocenters. The van der Waals surface area contributed by atoms with Gasteiger partial charge in [0, 0.05) is 6.54 Å². The van der Waals surface area contributed by atoms with Crippen molar-refractivity contribution in [3.05, 3.63) is 29.8 Å². The molecule has 0 unspecified atom stereocenters. The second kappa shape index (κ2) is 8.72. The third-order valence-corrected chi connectivity index (χ3v) is 3.00. The standard InChI is InChI=1S/C14H22BNO3/c1-2-3-4-5-10-16-14(17)11-12-6-8-13(9-7-12)15(18)19/h6-9,18-19H,2-5,10-11H2,1H3,(H,16,17). The van der Waals surface area contributed by atoms with Crippen LogP contribution in [-0.2, 0) is 11.2 Å². The summed E-state index contributed by atoms with van der Waals surface area (Å²) in [5.41, 5.74) is 1.30. The van der Waals surface area contributed by atoms with E-state index in [1.165, 1.54) is 12.8 Å². The van der Waals surface area contributed by atoms with Crippen LogP contribution in [-0.4, -0.2) is 29.6 Å². The summed E-state index contributed by atoms with van der Waals surface area (Å²) >= 11 is 0. The molecule has 0 aliphatic rings. The maximum atomic E-state index is 11.7. The van der Waals surface area contributed by atoms with Crippen LogP contribution in [0.4, 0.5) is 0 Å². The molecule has 4 nitrogen and oxygen atoms in total. The molecular weight excluding hydrogens is 241 g/mol. The third kappa shape index (κ3) is 6.41. The molecule has 0 aromatic heterocycles. The number of amides is 1. The lowest BCUT2D eigenvalue weighted by atomic mass is 9.80. The van der Waals surface area contributed by atoms with Gasteiger partial charge >= 0.3 is 7.12 Å². The second-order valence-electron chi connectivity index (χ2n) is 4.70. The highest BCUT2D eigenvalue weighted by molar-refractivity contribution is 6.58. The molecule has 0 fully saturated rings. The van der Waals surface area contributed by atoms with E-state index < -0.39 is 7.12 Å². The molecule has 1 amide bonds. The summed E-state index contributed by atoms with van der Waals surface area (Å²) in [5.74, 6) is 0.00814. The Labute approximate surface area is 115 Å². The first-order valence-electron chi connectivity index (χ1n) is 6.85. The van der Waals surface area contributed by atoms with E-state index in [1.54, 1.807) is 24.3 Å². The van der Waals surface area contributed by atoms with Crippen molar-refractivity contribution in [2.24, 2.45) is 0 Å². The number of benzene rings is 1. The first kappa shape index (κ1) is 15.7. The first-order chi connectivity index (χ1) is 9.13. The number of carbonyl (C=O) groups is 1. The topological polar surface area (TPSA) is 69.6 Å². The normalized spacial score (nSPS) is 10.3. The van der Waals surface area contributed by atoms with Crippen molar-refractivity contribution in [3.8, 4) is 0 Å².